The first-order chi connectivity index (χ1) is 7.72. The Kier molecular flexibility index (Phi) is 2.82. The minimum absolute atomic E-state index is 0.150. The van der Waals surface area contributed by atoms with Crippen LogP contribution in [0.3, 0.4) is 0 Å². The molecular formula is C10H12N4O2. The average molecular weight is 220 g/mol. The monoisotopic (exact) mass is 220 g/mol. The van der Waals surface area contributed by atoms with Crippen LogP contribution in [0.25, 0.3) is 11.4 Å². The molecular weight excluding hydrogens is 208 g/mol. The van der Waals surface area contributed by atoms with E-state index in [4.69, 9.17) is 10.3 Å². The summed E-state index contributed by atoms with van der Waals surface area (Å²) in [6.45, 7) is 0.439. The Balaban J connectivity index is 2.43. The molecule has 0 aromatic carbocycles. The Hall–Kier alpha value is -1.95. The second-order valence-electron chi connectivity index (χ2n) is 3.39. The van der Waals surface area contributed by atoms with Crippen LogP contribution in [-0.4, -0.2) is 21.3 Å². The third-order valence-corrected chi connectivity index (χ3v) is 2.19. The van der Waals surface area contributed by atoms with E-state index >= 15 is 0 Å². The van der Waals surface area contributed by atoms with Crippen molar-refractivity contribution in [1.29, 1.82) is 0 Å². The van der Waals surface area contributed by atoms with Gasteiger partial charge in [0.2, 0.25) is 11.7 Å². The zero-order chi connectivity index (χ0) is 11.5. The van der Waals surface area contributed by atoms with Gasteiger partial charge in [0.15, 0.2) is 0 Å². The van der Waals surface area contributed by atoms with Gasteiger partial charge in [-0.25, -0.2) is 0 Å². The molecule has 2 aromatic rings. The van der Waals surface area contributed by atoms with Crippen LogP contribution < -0.4 is 11.3 Å². The highest BCUT2D eigenvalue weighted by molar-refractivity contribution is 5.52. The number of hydrogen-bond donors (Lipinski definition) is 1. The molecule has 0 aliphatic rings. The minimum Gasteiger partial charge on any atom is -0.339 e. The molecule has 0 atom stereocenters. The lowest BCUT2D eigenvalue weighted by Gasteiger charge is -1.97. The van der Waals surface area contributed by atoms with Crippen molar-refractivity contribution in [3.8, 4) is 11.4 Å². The summed E-state index contributed by atoms with van der Waals surface area (Å²) in [6.07, 6.45) is 2.19. The molecule has 6 nitrogen and oxygen atoms in total. The van der Waals surface area contributed by atoms with Crippen LogP contribution >= 0.6 is 0 Å². The van der Waals surface area contributed by atoms with Gasteiger partial charge in [0, 0.05) is 26.2 Å². The molecule has 0 radical (unpaired) electrons. The Morgan fingerprint density at radius 1 is 1.56 bits per heavy atom. The summed E-state index contributed by atoms with van der Waals surface area (Å²) in [5.41, 5.74) is 5.65. The number of nitrogens with two attached hydrogens (primary N) is 1. The number of hydrogen-bond acceptors (Lipinski definition) is 5. The third-order valence-electron chi connectivity index (χ3n) is 2.19. The van der Waals surface area contributed by atoms with Crippen molar-refractivity contribution in [2.24, 2.45) is 12.8 Å². The van der Waals surface area contributed by atoms with Crippen molar-refractivity contribution in [2.45, 2.75) is 6.42 Å². The molecule has 2 heterocycles. The molecule has 84 valence electrons. The van der Waals surface area contributed by atoms with Gasteiger partial charge >= 0.3 is 0 Å². The summed E-state index contributed by atoms with van der Waals surface area (Å²) < 4.78 is 6.43. The quantitative estimate of drug-likeness (QED) is 0.782. The molecule has 0 saturated heterocycles. The van der Waals surface area contributed by atoms with Gasteiger partial charge in [-0.2, -0.15) is 4.98 Å². The van der Waals surface area contributed by atoms with E-state index in [-0.39, 0.29) is 5.56 Å². The van der Waals surface area contributed by atoms with Crippen LogP contribution in [0.2, 0.25) is 0 Å². The zero-order valence-electron chi connectivity index (χ0n) is 8.88. The topological polar surface area (TPSA) is 86.9 Å². The SMILES string of the molecule is Cn1cccc(-c2noc(CCN)n2)c1=O. The van der Waals surface area contributed by atoms with Gasteiger partial charge in [-0.05, 0) is 12.1 Å². The molecule has 16 heavy (non-hydrogen) atoms. The first-order valence-electron chi connectivity index (χ1n) is 4.91. The molecule has 2 rings (SSSR count). The fraction of sp³-hybridized carbons (Fsp3) is 0.300. The highest BCUT2D eigenvalue weighted by Crippen LogP contribution is 2.10. The maximum absolute atomic E-state index is 11.8. The standard InChI is InChI=1S/C10H12N4O2/c1-14-6-2-3-7(10(14)15)9-12-8(4-5-11)16-13-9/h2-3,6H,4-5,11H2,1H3. The van der Waals surface area contributed by atoms with Gasteiger partial charge in [-0.15, -0.1) is 0 Å². The van der Waals surface area contributed by atoms with Crippen molar-refractivity contribution < 1.29 is 4.52 Å². The van der Waals surface area contributed by atoms with Crippen LogP contribution in [0.4, 0.5) is 0 Å². The largest absolute Gasteiger partial charge is 0.339 e. The number of nitrogens with zero attached hydrogens (tertiary/aromatic N) is 3. The number of pyridine rings is 1. The third kappa shape index (κ3) is 1.87. The maximum atomic E-state index is 11.8. The van der Waals surface area contributed by atoms with E-state index in [1.807, 2.05) is 0 Å². The van der Waals surface area contributed by atoms with Crippen LogP contribution in [0.15, 0.2) is 27.6 Å². The van der Waals surface area contributed by atoms with Crippen molar-refractivity contribution in [1.82, 2.24) is 14.7 Å². The van der Waals surface area contributed by atoms with E-state index in [1.54, 1.807) is 25.4 Å². The molecule has 0 fully saturated rings. The Morgan fingerprint density at radius 2 is 2.38 bits per heavy atom. The van der Waals surface area contributed by atoms with E-state index in [2.05, 4.69) is 10.1 Å². The fourth-order valence-corrected chi connectivity index (χ4v) is 1.36. The van der Waals surface area contributed by atoms with Crippen molar-refractivity contribution >= 4 is 0 Å². The van der Waals surface area contributed by atoms with E-state index in [0.717, 1.165) is 0 Å². The second-order valence-corrected chi connectivity index (χ2v) is 3.39. The molecule has 0 bridgehead atoms. The van der Waals surface area contributed by atoms with Gasteiger partial charge in [0.1, 0.15) is 0 Å². The molecule has 6 heteroatoms. The van der Waals surface area contributed by atoms with Gasteiger partial charge in [-0.1, -0.05) is 5.16 Å². The lowest BCUT2D eigenvalue weighted by molar-refractivity contribution is 0.380. The van der Waals surface area contributed by atoms with Crippen molar-refractivity contribution in [3.63, 3.8) is 0 Å². The number of aryl methyl sites for hydroxylation is 1. The molecule has 2 aromatic heterocycles. The number of rotatable bonds is 3. The summed E-state index contributed by atoms with van der Waals surface area (Å²) in [5.74, 6) is 0.757. The average Bonchev–Trinajstić information content (AvgIpc) is 2.71. The molecule has 0 amide bonds. The predicted octanol–water partition coefficient (Wildman–Crippen LogP) is -0.0635. The number of aromatic nitrogens is 3. The first kappa shape index (κ1) is 10.6. The fourth-order valence-electron chi connectivity index (χ4n) is 1.36. The van der Waals surface area contributed by atoms with Crippen molar-refractivity contribution in [3.05, 3.63) is 34.6 Å². The van der Waals surface area contributed by atoms with Crippen LogP contribution in [-0.2, 0) is 13.5 Å². The highest BCUT2D eigenvalue weighted by Gasteiger charge is 2.11. The maximum Gasteiger partial charge on any atom is 0.261 e. The summed E-state index contributed by atoms with van der Waals surface area (Å²) in [7, 11) is 1.67. The lowest BCUT2D eigenvalue weighted by Crippen LogP contribution is -2.17. The Labute approximate surface area is 91.7 Å². The van der Waals surface area contributed by atoms with E-state index in [9.17, 15) is 4.79 Å². The summed E-state index contributed by atoms with van der Waals surface area (Å²) >= 11 is 0. The van der Waals surface area contributed by atoms with Crippen LogP contribution in [0.1, 0.15) is 5.89 Å². The van der Waals surface area contributed by atoms with Crippen LogP contribution in [0.5, 0.6) is 0 Å². The Morgan fingerprint density at radius 3 is 3.12 bits per heavy atom. The molecule has 0 unspecified atom stereocenters. The summed E-state index contributed by atoms with van der Waals surface area (Å²) in [6, 6.07) is 3.43. The lowest BCUT2D eigenvalue weighted by atomic mass is 10.2. The van der Waals surface area contributed by atoms with E-state index < -0.39 is 0 Å². The van der Waals surface area contributed by atoms with Gasteiger partial charge in [-0.3, -0.25) is 4.79 Å². The van der Waals surface area contributed by atoms with Gasteiger partial charge < -0.3 is 14.8 Å². The molecule has 0 aliphatic carbocycles. The summed E-state index contributed by atoms with van der Waals surface area (Å²) in [5, 5.41) is 3.75. The van der Waals surface area contributed by atoms with Gasteiger partial charge in [0.05, 0.1) is 5.56 Å². The highest BCUT2D eigenvalue weighted by atomic mass is 16.5. The normalized spacial score (nSPS) is 10.6. The van der Waals surface area contributed by atoms with Crippen molar-refractivity contribution in [2.75, 3.05) is 6.54 Å². The van der Waals surface area contributed by atoms with Crippen LogP contribution in [0, 0.1) is 0 Å². The second kappa shape index (κ2) is 4.28. The first-order valence-corrected chi connectivity index (χ1v) is 4.91. The molecule has 0 aliphatic heterocycles. The summed E-state index contributed by atoms with van der Waals surface area (Å²) in [4.78, 5) is 15.9. The Bertz CT molecular complexity index is 544. The molecule has 0 saturated carbocycles. The van der Waals surface area contributed by atoms with E-state index in [0.29, 0.717) is 30.2 Å². The zero-order valence-corrected chi connectivity index (χ0v) is 8.88. The smallest absolute Gasteiger partial charge is 0.261 e. The molecule has 2 N–H and O–H groups in total. The molecule has 0 spiro atoms. The minimum atomic E-state index is -0.150. The predicted molar refractivity (Wildman–Crippen MR) is 57.7 cm³/mol. The van der Waals surface area contributed by atoms with Gasteiger partial charge in [0.25, 0.3) is 5.56 Å². The van der Waals surface area contributed by atoms with E-state index in [1.165, 1.54) is 4.57 Å².